The molecule has 0 saturated heterocycles. The van der Waals surface area contributed by atoms with Crippen molar-refractivity contribution in [3.8, 4) is 11.1 Å². The summed E-state index contributed by atoms with van der Waals surface area (Å²) in [6, 6.07) is 6.65. The molecule has 0 unspecified atom stereocenters. The smallest absolute Gasteiger partial charge is 0.0568 e. The number of fused-ring (bicyclic) bond motifs is 1. The van der Waals surface area contributed by atoms with Gasteiger partial charge in [-0.25, -0.2) is 0 Å². The van der Waals surface area contributed by atoms with E-state index in [1.807, 2.05) is 17.9 Å². The third kappa shape index (κ3) is 1.95. The summed E-state index contributed by atoms with van der Waals surface area (Å²) >= 11 is 0. The van der Waals surface area contributed by atoms with Crippen LogP contribution in [0, 0.1) is 0 Å². The molecule has 2 aromatic heterocycles. The molecule has 0 aliphatic heterocycles. The van der Waals surface area contributed by atoms with Crippen LogP contribution in [0.15, 0.2) is 36.8 Å². The fourth-order valence-electron chi connectivity index (χ4n) is 2.63. The van der Waals surface area contributed by atoms with E-state index in [0.717, 1.165) is 0 Å². The first kappa shape index (κ1) is 12.0. The van der Waals surface area contributed by atoms with Gasteiger partial charge in [0.25, 0.3) is 0 Å². The Morgan fingerprint density at radius 2 is 1.84 bits per heavy atom. The molecule has 0 aliphatic rings. The van der Waals surface area contributed by atoms with E-state index in [1.165, 1.54) is 27.6 Å². The molecular weight excluding hydrogens is 234 g/mol. The Hall–Kier alpha value is -2.03. The van der Waals surface area contributed by atoms with Gasteiger partial charge in [0.15, 0.2) is 0 Å². The van der Waals surface area contributed by atoms with Crippen molar-refractivity contribution in [1.29, 1.82) is 0 Å². The predicted octanol–water partition coefficient (Wildman–Crippen LogP) is 3.70. The van der Waals surface area contributed by atoms with Gasteiger partial charge in [0.2, 0.25) is 0 Å². The summed E-state index contributed by atoms with van der Waals surface area (Å²) in [6.07, 6.45) is 6.21. The van der Waals surface area contributed by atoms with Gasteiger partial charge in [-0.3, -0.25) is 4.68 Å². The third-order valence-electron chi connectivity index (χ3n) is 3.68. The third-order valence-corrected chi connectivity index (χ3v) is 3.68. The van der Waals surface area contributed by atoms with Crippen LogP contribution < -0.4 is 0 Å². The van der Waals surface area contributed by atoms with Crippen LogP contribution in [-0.2, 0) is 14.1 Å². The first-order valence-electron chi connectivity index (χ1n) is 6.64. The SMILES string of the molecule is CC(C)c1cn(C)c2ccc(-c3cnn(C)c3)cc12. The lowest BCUT2D eigenvalue weighted by Gasteiger charge is -2.04. The summed E-state index contributed by atoms with van der Waals surface area (Å²) in [5, 5.41) is 5.59. The van der Waals surface area contributed by atoms with E-state index >= 15 is 0 Å². The molecular formula is C16H19N3. The highest BCUT2D eigenvalue weighted by Gasteiger charge is 2.11. The minimum atomic E-state index is 0.535. The summed E-state index contributed by atoms with van der Waals surface area (Å²) in [6.45, 7) is 4.48. The molecule has 0 aliphatic carbocycles. The molecule has 0 saturated carbocycles. The second kappa shape index (κ2) is 4.26. The Balaban J connectivity index is 2.22. The fourth-order valence-corrected chi connectivity index (χ4v) is 2.63. The lowest BCUT2D eigenvalue weighted by Crippen LogP contribution is -1.85. The maximum Gasteiger partial charge on any atom is 0.0568 e. The molecule has 0 atom stereocenters. The minimum absolute atomic E-state index is 0.535. The lowest BCUT2D eigenvalue weighted by molar-refractivity contribution is 0.768. The fraction of sp³-hybridized carbons (Fsp3) is 0.312. The molecule has 0 bridgehead atoms. The normalized spacial score (nSPS) is 11.6. The lowest BCUT2D eigenvalue weighted by atomic mass is 10.00. The van der Waals surface area contributed by atoms with E-state index in [1.54, 1.807) is 0 Å². The van der Waals surface area contributed by atoms with E-state index < -0.39 is 0 Å². The van der Waals surface area contributed by atoms with Crippen molar-refractivity contribution in [2.75, 3.05) is 0 Å². The average Bonchev–Trinajstić information content (AvgIpc) is 2.94. The molecule has 98 valence electrons. The first-order valence-corrected chi connectivity index (χ1v) is 6.64. The van der Waals surface area contributed by atoms with Crippen LogP contribution in [0.1, 0.15) is 25.3 Å². The van der Waals surface area contributed by atoms with Gasteiger partial charge in [-0.05, 0) is 29.2 Å². The van der Waals surface area contributed by atoms with Gasteiger partial charge >= 0.3 is 0 Å². The van der Waals surface area contributed by atoms with Gasteiger partial charge in [0.05, 0.1) is 6.20 Å². The van der Waals surface area contributed by atoms with Crippen molar-refractivity contribution < 1.29 is 0 Å². The van der Waals surface area contributed by atoms with Crippen molar-refractivity contribution in [2.24, 2.45) is 14.1 Å². The number of hydrogen-bond donors (Lipinski definition) is 0. The Morgan fingerprint density at radius 3 is 2.47 bits per heavy atom. The van der Waals surface area contributed by atoms with Crippen molar-refractivity contribution >= 4 is 10.9 Å². The van der Waals surface area contributed by atoms with Crippen LogP contribution in [0.4, 0.5) is 0 Å². The Labute approximate surface area is 113 Å². The summed E-state index contributed by atoms with van der Waals surface area (Å²) in [7, 11) is 4.06. The minimum Gasteiger partial charge on any atom is -0.350 e. The molecule has 2 heterocycles. The zero-order valence-corrected chi connectivity index (χ0v) is 11.9. The molecule has 0 N–H and O–H groups in total. The van der Waals surface area contributed by atoms with Crippen LogP contribution in [0.2, 0.25) is 0 Å². The van der Waals surface area contributed by atoms with Crippen LogP contribution >= 0.6 is 0 Å². The Kier molecular flexibility index (Phi) is 2.70. The molecule has 0 fully saturated rings. The summed E-state index contributed by atoms with van der Waals surface area (Å²) in [5.74, 6) is 0.535. The average molecular weight is 253 g/mol. The number of hydrogen-bond acceptors (Lipinski definition) is 1. The monoisotopic (exact) mass is 253 g/mol. The molecule has 0 spiro atoms. The molecule has 3 aromatic rings. The molecule has 19 heavy (non-hydrogen) atoms. The van der Waals surface area contributed by atoms with Crippen LogP contribution in [0.25, 0.3) is 22.0 Å². The van der Waals surface area contributed by atoms with E-state index in [0.29, 0.717) is 5.92 Å². The number of aromatic nitrogens is 3. The summed E-state index contributed by atoms with van der Waals surface area (Å²) in [4.78, 5) is 0. The molecule has 3 rings (SSSR count). The Bertz CT molecular complexity index is 732. The summed E-state index contributed by atoms with van der Waals surface area (Å²) in [5.41, 5.74) is 5.09. The number of aryl methyl sites for hydroxylation is 2. The Morgan fingerprint density at radius 1 is 1.05 bits per heavy atom. The van der Waals surface area contributed by atoms with Crippen molar-refractivity contribution in [3.63, 3.8) is 0 Å². The standard InChI is InChI=1S/C16H19N3/c1-11(2)15-10-18(3)16-6-5-12(7-14(15)16)13-8-17-19(4)9-13/h5-11H,1-4H3. The van der Waals surface area contributed by atoms with Gasteiger partial charge in [0.1, 0.15) is 0 Å². The highest BCUT2D eigenvalue weighted by atomic mass is 15.2. The summed E-state index contributed by atoms with van der Waals surface area (Å²) < 4.78 is 4.05. The first-order chi connectivity index (χ1) is 9.06. The second-order valence-corrected chi connectivity index (χ2v) is 5.48. The molecule has 0 radical (unpaired) electrons. The molecule has 3 heteroatoms. The maximum absolute atomic E-state index is 4.25. The van der Waals surface area contributed by atoms with E-state index in [2.05, 4.69) is 61.2 Å². The largest absolute Gasteiger partial charge is 0.350 e. The number of benzene rings is 1. The van der Waals surface area contributed by atoms with Crippen LogP contribution in [-0.4, -0.2) is 14.3 Å². The van der Waals surface area contributed by atoms with Gasteiger partial charge in [-0.15, -0.1) is 0 Å². The van der Waals surface area contributed by atoms with Crippen LogP contribution in [0.5, 0.6) is 0 Å². The topological polar surface area (TPSA) is 22.8 Å². The number of nitrogens with zero attached hydrogens (tertiary/aromatic N) is 3. The number of rotatable bonds is 2. The van der Waals surface area contributed by atoms with Crippen molar-refractivity contribution in [2.45, 2.75) is 19.8 Å². The van der Waals surface area contributed by atoms with Gasteiger partial charge in [-0.2, -0.15) is 5.10 Å². The van der Waals surface area contributed by atoms with Gasteiger partial charge < -0.3 is 4.57 Å². The quantitative estimate of drug-likeness (QED) is 0.682. The van der Waals surface area contributed by atoms with E-state index in [4.69, 9.17) is 0 Å². The molecule has 0 amide bonds. The van der Waals surface area contributed by atoms with Crippen LogP contribution in [0.3, 0.4) is 0 Å². The highest BCUT2D eigenvalue weighted by molar-refractivity contribution is 5.88. The zero-order valence-electron chi connectivity index (χ0n) is 11.9. The maximum atomic E-state index is 4.25. The van der Waals surface area contributed by atoms with E-state index in [-0.39, 0.29) is 0 Å². The second-order valence-electron chi connectivity index (χ2n) is 5.48. The van der Waals surface area contributed by atoms with Crippen molar-refractivity contribution in [3.05, 3.63) is 42.4 Å². The van der Waals surface area contributed by atoms with Crippen molar-refractivity contribution in [1.82, 2.24) is 14.3 Å². The zero-order chi connectivity index (χ0) is 13.6. The predicted molar refractivity (Wildman–Crippen MR) is 79.2 cm³/mol. The highest BCUT2D eigenvalue weighted by Crippen LogP contribution is 2.30. The molecule has 1 aromatic carbocycles. The van der Waals surface area contributed by atoms with Gasteiger partial charge in [0, 0.05) is 43.0 Å². The molecule has 3 nitrogen and oxygen atoms in total. The van der Waals surface area contributed by atoms with Gasteiger partial charge in [-0.1, -0.05) is 19.9 Å². The van der Waals surface area contributed by atoms with E-state index in [9.17, 15) is 0 Å².